The third-order valence-electron chi connectivity index (χ3n) is 5.63. The SMILES string of the molecule is CCOc1ccc2c(c1)CN(C(C)C(=O)NCC(=O)Nc1c(C)cccc1C)CC2. The fourth-order valence-corrected chi connectivity index (χ4v) is 3.82. The number of nitrogens with one attached hydrogen (secondary N) is 2. The Balaban J connectivity index is 1.54. The van der Waals surface area contributed by atoms with Gasteiger partial charge in [-0.1, -0.05) is 24.3 Å². The van der Waals surface area contributed by atoms with Crippen molar-refractivity contribution in [1.82, 2.24) is 10.2 Å². The molecule has 2 N–H and O–H groups in total. The summed E-state index contributed by atoms with van der Waals surface area (Å²) in [6.07, 6.45) is 0.895. The van der Waals surface area contributed by atoms with Crippen LogP contribution >= 0.6 is 0 Å². The molecule has 1 heterocycles. The lowest BCUT2D eigenvalue weighted by Gasteiger charge is -2.33. The number of rotatable bonds is 7. The predicted molar refractivity (Wildman–Crippen MR) is 119 cm³/mol. The summed E-state index contributed by atoms with van der Waals surface area (Å²) >= 11 is 0. The Morgan fingerprint density at radius 3 is 2.57 bits per heavy atom. The van der Waals surface area contributed by atoms with E-state index in [0.717, 1.165) is 35.5 Å². The van der Waals surface area contributed by atoms with Crippen LogP contribution in [0.15, 0.2) is 36.4 Å². The molecule has 6 nitrogen and oxygen atoms in total. The van der Waals surface area contributed by atoms with E-state index in [-0.39, 0.29) is 24.4 Å². The number of aryl methyl sites for hydroxylation is 2. The third kappa shape index (κ3) is 5.19. The molecule has 3 rings (SSSR count). The maximum atomic E-state index is 12.7. The average molecular weight is 410 g/mol. The number of nitrogens with zero attached hydrogens (tertiary/aromatic N) is 1. The molecule has 1 aliphatic rings. The van der Waals surface area contributed by atoms with Gasteiger partial charge in [0, 0.05) is 18.8 Å². The van der Waals surface area contributed by atoms with Crippen molar-refractivity contribution in [2.24, 2.45) is 0 Å². The van der Waals surface area contributed by atoms with Gasteiger partial charge in [0.2, 0.25) is 11.8 Å². The summed E-state index contributed by atoms with van der Waals surface area (Å²) in [5.74, 6) is 0.493. The van der Waals surface area contributed by atoms with Crippen LogP contribution in [-0.2, 0) is 22.6 Å². The molecule has 0 saturated carbocycles. The Labute approximate surface area is 178 Å². The van der Waals surface area contributed by atoms with Gasteiger partial charge in [0.15, 0.2) is 0 Å². The lowest BCUT2D eigenvalue weighted by atomic mass is 9.98. The standard InChI is InChI=1S/C24H31N3O3/c1-5-30-21-10-9-19-11-12-27(15-20(19)13-21)18(4)24(29)25-14-22(28)26-23-16(2)7-6-8-17(23)3/h6-10,13,18H,5,11-12,14-15H2,1-4H3,(H,25,29)(H,26,28). The summed E-state index contributed by atoms with van der Waals surface area (Å²) in [5.41, 5.74) is 5.31. The number of para-hydroxylation sites is 1. The van der Waals surface area contributed by atoms with Crippen molar-refractivity contribution in [2.75, 3.05) is 25.0 Å². The first-order valence-corrected chi connectivity index (χ1v) is 10.5. The lowest BCUT2D eigenvalue weighted by Crippen LogP contribution is -2.48. The fraction of sp³-hybridized carbons (Fsp3) is 0.417. The molecular formula is C24H31N3O3. The quantitative estimate of drug-likeness (QED) is 0.737. The van der Waals surface area contributed by atoms with Crippen molar-refractivity contribution in [1.29, 1.82) is 0 Å². The van der Waals surface area contributed by atoms with Crippen molar-refractivity contribution < 1.29 is 14.3 Å². The summed E-state index contributed by atoms with van der Waals surface area (Å²) in [6.45, 7) is 9.85. The van der Waals surface area contributed by atoms with E-state index in [9.17, 15) is 9.59 Å². The molecule has 0 bridgehead atoms. The van der Waals surface area contributed by atoms with Crippen molar-refractivity contribution in [3.05, 3.63) is 58.7 Å². The largest absolute Gasteiger partial charge is 0.494 e. The van der Waals surface area contributed by atoms with Gasteiger partial charge in [0.05, 0.1) is 19.2 Å². The molecule has 0 spiro atoms. The topological polar surface area (TPSA) is 70.7 Å². The highest BCUT2D eigenvalue weighted by molar-refractivity contribution is 5.96. The van der Waals surface area contributed by atoms with E-state index >= 15 is 0 Å². The van der Waals surface area contributed by atoms with Crippen molar-refractivity contribution in [2.45, 2.75) is 46.7 Å². The monoisotopic (exact) mass is 409 g/mol. The molecule has 1 atom stereocenters. The van der Waals surface area contributed by atoms with E-state index in [2.05, 4.69) is 27.7 Å². The predicted octanol–water partition coefficient (Wildman–Crippen LogP) is 3.20. The number of fused-ring (bicyclic) bond motifs is 1. The van der Waals surface area contributed by atoms with E-state index < -0.39 is 0 Å². The molecule has 6 heteroatoms. The molecule has 0 fully saturated rings. The van der Waals surface area contributed by atoms with Gasteiger partial charge in [0.1, 0.15) is 5.75 Å². The Morgan fingerprint density at radius 1 is 1.13 bits per heavy atom. The highest BCUT2D eigenvalue weighted by Gasteiger charge is 2.26. The summed E-state index contributed by atoms with van der Waals surface area (Å²) in [7, 11) is 0. The van der Waals surface area contributed by atoms with E-state index in [1.807, 2.05) is 52.0 Å². The highest BCUT2D eigenvalue weighted by atomic mass is 16.5. The second-order valence-electron chi connectivity index (χ2n) is 7.79. The summed E-state index contributed by atoms with van der Waals surface area (Å²) < 4.78 is 5.60. The molecule has 30 heavy (non-hydrogen) atoms. The minimum absolute atomic E-state index is 0.0458. The third-order valence-corrected chi connectivity index (χ3v) is 5.63. The highest BCUT2D eigenvalue weighted by Crippen LogP contribution is 2.25. The van der Waals surface area contributed by atoms with Crippen molar-refractivity contribution >= 4 is 17.5 Å². The number of amides is 2. The van der Waals surface area contributed by atoms with Crippen LogP contribution in [0, 0.1) is 13.8 Å². The number of anilines is 1. The molecule has 0 aromatic heterocycles. The Bertz CT molecular complexity index is 906. The smallest absolute Gasteiger partial charge is 0.243 e. The minimum atomic E-state index is -0.318. The van der Waals surface area contributed by atoms with Crippen LogP contribution in [0.3, 0.4) is 0 Å². The van der Waals surface area contributed by atoms with E-state index in [1.165, 1.54) is 11.1 Å². The molecule has 2 amide bonds. The molecular weight excluding hydrogens is 378 g/mol. The molecule has 160 valence electrons. The normalized spacial score (nSPS) is 14.5. The van der Waals surface area contributed by atoms with Gasteiger partial charge < -0.3 is 15.4 Å². The number of benzene rings is 2. The van der Waals surface area contributed by atoms with E-state index in [1.54, 1.807) is 0 Å². The zero-order valence-electron chi connectivity index (χ0n) is 18.2. The van der Waals surface area contributed by atoms with Gasteiger partial charge in [0.25, 0.3) is 0 Å². The van der Waals surface area contributed by atoms with Crippen LogP contribution in [-0.4, -0.2) is 42.5 Å². The van der Waals surface area contributed by atoms with E-state index in [0.29, 0.717) is 13.2 Å². The van der Waals surface area contributed by atoms with Crippen LogP contribution in [0.4, 0.5) is 5.69 Å². The zero-order valence-corrected chi connectivity index (χ0v) is 18.2. The number of hydrogen-bond donors (Lipinski definition) is 2. The van der Waals surface area contributed by atoms with Gasteiger partial charge in [-0.3, -0.25) is 14.5 Å². The van der Waals surface area contributed by atoms with Crippen molar-refractivity contribution in [3.8, 4) is 5.75 Å². The summed E-state index contributed by atoms with van der Waals surface area (Å²) in [4.78, 5) is 27.1. The number of carbonyl (C=O) groups is 2. The van der Waals surface area contributed by atoms with Crippen LogP contribution in [0.2, 0.25) is 0 Å². The van der Waals surface area contributed by atoms with Crippen LogP contribution in [0.25, 0.3) is 0 Å². The maximum Gasteiger partial charge on any atom is 0.243 e. The first-order chi connectivity index (χ1) is 14.4. The molecule has 1 unspecified atom stereocenters. The maximum absolute atomic E-state index is 12.7. The van der Waals surface area contributed by atoms with Gasteiger partial charge >= 0.3 is 0 Å². The molecule has 0 aliphatic carbocycles. The first-order valence-electron chi connectivity index (χ1n) is 10.5. The van der Waals surface area contributed by atoms with Gasteiger partial charge in [-0.25, -0.2) is 0 Å². The molecule has 1 aliphatic heterocycles. The summed E-state index contributed by atoms with van der Waals surface area (Å²) in [5, 5.41) is 5.68. The number of ether oxygens (including phenoxy) is 1. The fourth-order valence-electron chi connectivity index (χ4n) is 3.82. The Hall–Kier alpha value is -2.86. The number of carbonyl (C=O) groups excluding carboxylic acids is 2. The molecule has 2 aromatic carbocycles. The second kappa shape index (κ2) is 9.76. The summed E-state index contributed by atoms with van der Waals surface area (Å²) in [6, 6.07) is 11.7. The Morgan fingerprint density at radius 2 is 1.87 bits per heavy atom. The zero-order chi connectivity index (χ0) is 21.7. The molecule has 2 aromatic rings. The second-order valence-corrected chi connectivity index (χ2v) is 7.79. The van der Waals surface area contributed by atoms with Crippen LogP contribution in [0.1, 0.15) is 36.1 Å². The Kier molecular flexibility index (Phi) is 7.11. The lowest BCUT2D eigenvalue weighted by molar-refractivity contribution is -0.128. The van der Waals surface area contributed by atoms with Crippen molar-refractivity contribution in [3.63, 3.8) is 0 Å². The van der Waals surface area contributed by atoms with Gasteiger partial charge in [-0.05, 0) is 68.5 Å². The van der Waals surface area contributed by atoms with E-state index in [4.69, 9.17) is 4.74 Å². The van der Waals surface area contributed by atoms with Gasteiger partial charge in [-0.2, -0.15) is 0 Å². The average Bonchev–Trinajstić information content (AvgIpc) is 2.74. The van der Waals surface area contributed by atoms with Gasteiger partial charge in [-0.15, -0.1) is 0 Å². The van der Waals surface area contributed by atoms with Crippen LogP contribution in [0.5, 0.6) is 5.75 Å². The van der Waals surface area contributed by atoms with Crippen LogP contribution < -0.4 is 15.4 Å². The first kappa shape index (κ1) is 21.8. The minimum Gasteiger partial charge on any atom is -0.494 e. The molecule has 0 radical (unpaired) electrons. The molecule has 0 saturated heterocycles. The number of hydrogen-bond acceptors (Lipinski definition) is 4.